The van der Waals surface area contributed by atoms with Crippen LogP contribution < -0.4 is 4.74 Å². The monoisotopic (exact) mass is 349 g/mol. The summed E-state index contributed by atoms with van der Waals surface area (Å²) in [5.74, 6) is 2.26. The predicted octanol–water partition coefficient (Wildman–Crippen LogP) is 4.22. The van der Waals surface area contributed by atoms with E-state index < -0.39 is 0 Å². The number of likely N-dealkylation sites (N-methyl/N-ethyl adjacent to an activating group) is 1. The number of ether oxygens (including phenoxy) is 1. The van der Waals surface area contributed by atoms with Crippen LogP contribution in [0, 0.1) is 6.92 Å². The Hall–Kier alpha value is -3.01. The van der Waals surface area contributed by atoms with Gasteiger partial charge in [-0.3, -0.25) is 4.79 Å². The van der Waals surface area contributed by atoms with Gasteiger partial charge in [0.2, 0.25) is 0 Å². The summed E-state index contributed by atoms with van der Waals surface area (Å²) in [7, 11) is 1.75. The van der Waals surface area contributed by atoms with E-state index in [4.69, 9.17) is 9.15 Å². The first-order valence-corrected chi connectivity index (χ1v) is 8.66. The van der Waals surface area contributed by atoms with Gasteiger partial charge in [-0.1, -0.05) is 48.5 Å². The summed E-state index contributed by atoms with van der Waals surface area (Å²) >= 11 is 0. The molecule has 0 saturated carbocycles. The van der Waals surface area contributed by atoms with E-state index in [0.29, 0.717) is 6.54 Å². The van der Waals surface area contributed by atoms with Crippen LogP contribution in [0.3, 0.4) is 0 Å². The molecule has 3 aromatic rings. The Kier molecular flexibility index (Phi) is 5.74. The van der Waals surface area contributed by atoms with Gasteiger partial charge in [0.1, 0.15) is 17.3 Å². The lowest BCUT2D eigenvalue weighted by atomic mass is 10.0. The molecular weight excluding hydrogens is 326 g/mol. The van der Waals surface area contributed by atoms with Crippen LogP contribution in [0.1, 0.15) is 22.6 Å². The van der Waals surface area contributed by atoms with Crippen LogP contribution >= 0.6 is 0 Å². The topological polar surface area (TPSA) is 42.7 Å². The Morgan fingerprint density at radius 2 is 1.73 bits per heavy atom. The van der Waals surface area contributed by atoms with E-state index >= 15 is 0 Å². The first kappa shape index (κ1) is 17.8. The molecule has 26 heavy (non-hydrogen) atoms. The van der Waals surface area contributed by atoms with Crippen molar-refractivity contribution in [1.82, 2.24) is 4.90 Å². The maximum absolute atomic E-state index is 12.4. The Bertz CT molecular complexity index is 855. The Labute approximate surface area is 154 Å². The average Bonchev–Trinajstić information content (AvgIpc) is 3.06. The van der Waals surface area contributed by atoms with E-state index in [9.17, 15) is 4.79 Å². The minimum Gasteiger partial charge on any atom is -0.483 e. The molecule has 0 aliphatic heterocycles. The van der Waals surface area contributed by atoms with Crippen molar-refractivity contribution in [2.45, 2.75) is 19.9 Å². The van der Waals surface area contributed by atoms with Gasteiger partial charge < -0.3 is 14.1 Å². The molecule has 0 atom stereocenters. The standard InChI is InChI=1S/C22H23NO3/c1-17-12-13-20(26-17)15-23(2)22(24)16-25-21-11-7-6-10-19(21)14-18-8-4-3-5-9-18/h3-13H,14-16H2,1-2H3. The molecular formula is C22H23NO3. The van der Waals surface area contributed by atoms with E-state index in [1.165, 1.54) is 5.56 Å². The first-order chi connectivity index (χ1) is 12.6. The van der Waals surface area contributed by atoms with Crippen LogP contribution in [0.15, 0.2) is 71.1 Å². The molecule has 1 heterocycles. The number of carbonyl (C=O) groups excluding carboxylic acids is 1. The molecule has 0 unspecified atom stereocenters. The highest BCUT2D eigenvalue weighted by Gasteiger charge is 2.13. The van der Waals surface area contributed by atoms with Crippen molar-refractivity contribution in [2.75, 3.05) is 13.7 Å². The molecule has 0 spiro atoms. The lowest BCUT2D eigenvalue weighted by Crippen LogP contribution is -2.30. The molecule has 0 aliphatic carbocycles. The van der Waals surface area contributed by atoms with Crippen molar-refractivity contribution in [3.05, 3.63) is 89.4 Å². The van der Waals surface area contributed by atoms with E-state index in [1.807, 2.05) is 61.5 Å². The van der Waals surface area contributed by atoms with Crippen molar-refractivity contribution in [3.63, 3.8) is 0 Å². The van der Waals surface area contributed by atoms with Gasteiger partial charge in [0.05, 0.1) is 6.54 Å². The van der Waals surface area contributed by atoms with Gasteiger partial charge in [-0.05, 0) is 36.2 Å². The molecule has 2 aromatic carbocycles. The summed E-state index contributed by atoms with van der Waals surface area (Å²) in [5, 5.41) is 0. The molecule has 0 radical (unpaired) electrons. The highest BCUT2D eigenvalue weighted by atomic mass is 16.5. The van der Waals surface area contributed by atoms with Crippen LogP contribution in [-0.2, 0) is 17.8 Å². The molecule has 134 valence electrons. The van der Waals surface area contributed by atoms with Crippen LogP contribution in [0.25, 0.3) is 0 Å². The van der Waals surface area contributed by atoms with Gasteiger partial charge in [-0.2, -0.15) is 0 Å². The summed E-state index contributed by atoms with van der Waals surface area (Å²) in [6.07, 6.45) is 0.771. The zero-order chi connectivity index (χ0) is 18.4. The van der Waals surface area contributed by atoms with Crippen molar-refractivity contribution < 1.29 is 13.9 Å². The zero-order valence-electron chi connectivity index (χ0n) is 15.1. The second kappa shape index (κ2) is 8.39. The fraction of sp³-hybridized carbons (Fsp3) is 0.227. The molecule has 4 nitrogen and oxygen atoms in total. The number of nitrogens with zero attached hydrogens (tertiary/aromatic N) is 1. The third kappa shape index (κ3) is 4.76. The molecule has 0 N–H and O–H groups in total. The average molecular weight is 349 g/mol. The number of para-hydroxylation sites is 1. The molecule has 0 saturated heterocycles. The van der Waals surface area contributed by atoms with E-state index in [-0.39, 0.29) is 12.5 Å². The van der Waals surface area contributed by atoms with Crippen LogP contribution in [0.4, 0.5) is 0 Å². The molecule has 4 heteroatoms. The lowest BCUT2D eigenvalue weighted by Gasteiger charge is -2.17. The summed E-state index contributed by atoms with van der Waals surface area (Å²) in [4.78, 5) is 14.0. The van der Waals surface area contributed by atoms with Gasteiger partial charge in [-0.15, -0.1) is 0 Å². The number of carbonyl (C=O) groups is 1. The highest BCUT2D eigenvalue weighted by molar-refractivity contribution is 5.77. The molecule has 1 aromatic heterocycles. The number of rotatable bonds is 7. The second-order valence-electron chi connectivity index (χ2n) is 6.32. The molecule has 0 bridgehead atoms. The minimum atomic E-state index is -0.0893. The maximum Gasteiger partial charge on any atom is 0.260 e. The minimum absolute atomic E-state index is 0.00198. The Morgan fingerprint density at radius 1 is 1.00 bits per heavy atom. The fourth-order valence-electron chi connectivity index (χ4n) is 2.75. The molecule has 0 fully saturated rings. The lowest BCUT2D eigenvalue weighted by molar-refractivity contribution is -0.132. The summed E-state index contributed by atoms with van der Waals surface area (Å²) in [6, 6.07) is 21.8. The summed E-state index contributed by atoms with van der Waals surface area (Å²) < 4.78 is 11.3. The highest BCUT2D eigenvalue weighted by Crippen LogP contribution is 2.21. The fourth-order valence-corrected chi connectivity index (χ4v) is 2.75. The Balaban J connectivity index is 1.59. The second-order valence-corrected chi connectivity index (χ2v) is 6.32. The molecule has 0 aliphatic rings. The smallest absolute Gasteiger partial charge is 0.260 e. The maximum atomic E-state index is 12.4. The van der Waals surface area contributed by atoms with Crippen molar-refractivity contribution in [1.29, 1.82) is 0 Å². The van der Waals surface area contributed by atoms with Gasteiger partial charge in [0.15, 0.2) is 6.61 Å². The molecule has 3 rings (SSSR count). The number of amides is 1. The largest absolute Gasteiger partial charge is 0.483 e. The van der Waals surface area contributed by atoms with Crippen molar-refractivity contribution in [2.24, 2.45) is 0 Å². The van der Waals surface area contributed by atoms with Gasteiger partial charge in [0.25, 0.3) is 5.91 Å². The van der Waals surface area contributed by atoms with E-state index in [1.54, 1.807) is 11.9 Å². The summed E-state index contributed by atoms with van der Waals surface area (Å²) in [5.41, 5.74) is 2.27. The van der Waals surface area contributed by atoms with Gasteiger partial charge >= 0.3 is 0 Å². The first-order valence-electron chi connectivity index (χ1n) is 8.66. The van der Waals surface area contributed by atoms with Crippen molar-refractivity contribution in [3.8, 4) is 5.75 Å². The SMILES string of the molecule is Cc1ccc(CN(C)C(=O)COc2ccccc2Cc2ccccc2)o1. The predicted molar refractivity (Wildman–Crippen MR) is 101 cm³/mol. The normalized spacial score (nSPS) is 10.5. The number of benzene rings is 2. The number of hydrogen-bond donors (Lipinski definition) is 0. The van der Waals surface area contributed by atoms with Crippen LogP contribution in [0.5, 0.6) is 5.75 Å². The van der Waals surface area contributed by atoms with Crippen LogP contribution in [-0.4, -0.2) is 24.5 Å². The quantitative estimate of drug-likeness (QED) is 0.641. The van der Waals surface area contributed by atoms with E-state index in [0.717, 1.165) is 29.3 Å². The number of aryl methyl sites for hydroxylation is 1. The third-order valence-electron chi connectivity index (χ3n) is 4.18. The van der Waals surface area contributed by atoms with E-state index in [2.05, 4.69) is 12.1 Å². The number of furan rings is 1. The number of hydrogen-bond acceptors (Lipinski definition) is 3. The van der Waals surface area contributed by atoms with Gasteiger partial charge in [-0.25, -0.2) is 0 Å². The van der Waals surface area contributed by atoms with Crippen LogP contribution in [0.2, 0.25) is 0 Å². The summed E-state index contributed by atoms with van der Waals surface area (Å²) in [6.45, 7) is 2.32. The van der Waals surface area contributed by atoms with Crippen molar-refractivity contribution >= 4 is 5.91 Å². The van der Waals surface area contributed by atoms with Gasteiger partial charge in [0, 0.05) is 13.5 Å². The Morgan fingerprint density at radius 3 is 2.46 bits per heavy atom. The zero-order valence-corrected chi connectivity index (χ0v) is 15.1. The third-order valence-corrected chi connectivity index (χ3v) is 4.18. The molecule has 1 amide bonds.